The highest BCUT2D eigenvalue weighted by Crippen LogP contribution is 2.35. The minimum absolute atomic E-state index is 0.218. The van der Waals surface area contributed by atoms with Crippen molar-refractivity contribution in [3.8, 4) is 28.6 Å². The zero-order valence-electron chi connectivity index (χ0n) is 18.6. The standard InChI is InChI=1S/C25H19N7O2/c1-3-18-7-16(20-5-4-15(10-26)6-22(20)24-30-28-14-31(24)2)8-23(29-18)32-12-17-11-27-19(13-33)9-21(17)25(32)34/h4-9,11,13-14H,3,12H2,1-2H3. The molecule has 0 saturated heterocycles. The van der Waals surface area contributed by atoms with Crippen molar-refractivity contribution in [3.63, 3.8) is 0 Å². The number of hydrogen-bond acceptors (Lipinski definition) is 7. The molecular weight excluding hydrogens is 430 g/mol. The third-order valence-electron chi connectivity index (χ3n) is 5.85. The summed E-state index contributed by atoms with van der Waals surface area (Å²) < 4.78 is 1.79. The quantitative estimate of drug-likeness (QED) is 0.429. The largest absolute Gasteiger partial charge is 0.317 e. The highest BCUT2D eigenvalue weighted by molar-refractivity contribution is 6.10. The Morgan fingerprint density at radius 1 is 1.15 bits per heavy atom. The predicted octanol–water partition coefficient (Wildman–Crippen LogP) is 3.35. The van der Waals surface area contributed by atoms with Crippen LogP contribution in [0, 0.1) is 11.3 Å². The highest BCUT2D eigenvalue weighted by Gasteiger charge is 2.30. The molecule has 0 fully saturated rings. The van der Waals surface area contributed by atoms with Gasteiger partial charge in [-0.15, -0.1) is 10.2 Å². The first-order valence-electron chi connectivity index (χ1n) is 10.7. The summed E-state index contributed by atoms with van der Waals surface area (Å²) in [7, 11) is 1.84. The molecule has 1 aliphatic heterocycles. The molecule has 1 aliphatic rings. The van der Waals surface area contributed by atoms with Crippen LogP contribution in [0.4, 0.5) is 5.82 Å². The minimum atomic E-state index is -0.222. The van der Waals surface area contributed by atoms with E-state index in [1.165, 1.54) is 6.07 Å². The van der Waals surface area contributed by atoms with E-state index < -0.39 is 0 Å². The first-order valence-corrected chi connectivity index (χ1v) is 10.7. The molecule has 0 bridgehead atoms. The van der Waals surface area contributed by atoms with Crippen LogP contribution in [0.15, 0.2) is 48.9 Å². The van der Waals surface area contributed by atoms with Crippen molar-refractivity contribution >= 4 is 18.0 Å². The number of aryl methyl sites for hydroxylation is 2. The Bertz CT molecular complexity index is 1500. The topological polar surface area (TPSA) is 118 Å². The van der Waals surface area contributed by atoms with E-state index in [1.54, 1.807) is 34.1 Å². The minimum Gasteiger partial charge on any atom is -0.317 e. The Labute approximate surface area is 195 Å². The number of carbonyl (C=O) groups is 2. The molecule has 1 aromatic carbocycles. The number of rotatable bonds is 5. The predicted molar refractivity (Wildman–Crippen MR) is 124 cm³/mol. The van der Waals surface area contributed by atoms with Crippen LogP contribution < -0.4 is 4.90 Å². The number of pyridine rings is 2. The lowest BCUT2D eigenvalue weighted by Gasteiger charge is -2.18. The van der Waals surface area contributed by atoms with Gasteiger partial charge in [-0.1, -0.05) is 13.0 Å². The lowest BCUT2D eigenvalue weighted by atomic mass is 9.96. The van der Waals surface area contributed by atoms with E-state index in [9.17, 15) is 14.9 Å². The number of benzene rings is 1. The van der Waals surface area contributed by atoms with Gasteiger partial charge < -0.3 is 4.57 Å². The van der Waals surface area contributed by atoms with E-state index in [-0.39, 0.29) is 11.6 Å². The third kappa shape index (κ3) is 3.51. The maximum Gasteiger partial charge on any atom is 0.260 e. The summed E-state index contributed by atoms with van der Waals surface area (Å²) in [5.74, 6) is 0.915. The molecule has 0 atom stereocenters. The molecule has 9 heteroatoms. The van der Waals surface area contributed by atoms with Gasteiger partial charge >= 0.3 is 0 Å². The molecule has 0 saturated carbocycles. The number of amides is 1. The van der Waals surface area contributed by atoms with Crippen molar-refractivity contribution in [1.29, 1.82) is 5.26 Å². The average molecular weight is 449 g/mol. The molecule has 0 aliphatic carbocycles. The third-order valence-corrected chi connectivity index (χ3v) is 5.85. The van der Waals surface area contributed by atoms with Crippen LogP contribution in [-0.4, -0.2) is 36.9 Å². The van der Waals surface area contributed by atoms with Gasteiger partial charge in [-0.05, 0) is 47.9 Å². The van der Waals surface area contributed by atoms with Gasteiger partial charge in [-0.3, -0.25) is 19.5 Å². The van der Waals surface area contributed by atoms with Gasteiger partial charge in [0.15, 0.2) is 12.1 Å². The summed E-state index contributed by atoms with van der Waals surface area (Å²) in [5, 5.41) is 17.7. The van der Waals surface area contributed by atoms with Crippen molar-refractivity contribution < 1.29 is 9.59 Å². The van der Waals surface area contributed by atoms with Gasteiger partial charge in [0.25, 0.3) is 5.91 Å². The molecule has 166 valence electrons. The average Bonchev–Trinajstić information content (AvgIpc) is 3.45. The van der Waals surface area contributed by atoms with Gasteiger partial charge in [0.2, 0.25) is 0 Å². The number of anilines is 1. The molecule has 0 radical (unpaired) electrons. The second-order valence-corrected chi connectivity index (χ2v) is 7.97. The number of nitrogens with zero attached hydrogens (tertiary/aromatic N) is 7. The van der Waals surface area contributed by atoms with Gasteiger partial charge in [0.05, 0.1) is 18.2 Å². The lowest BCUT2D eigenvalue weighted by Crippen LogP contribution is -2.24. The maximum absolute atomic E-state index is 13.2. The summed E-state index contributed by atoms with van der Waals surface area (Å²) >= 11 is 0. The second kappa shape index (κ2) is 8.33. The SMILES string of the molecule is CCc1cc(-c2ccc(C#N)cc2-c2nncn2C)cc(N2Cc3cnc(C=O)cc3C2=O)n1. The number of aldehydes is 1. The van der Waals surface area contributed by atoms with Crippen LogP contribution in [0.3, 0.4) is 0 Å². The first kappa shape index (κ1) is 21.2. The molecule has 9 nitrogen and oxygen atoms in total. The van der Waals surface area contributed by atoms with Crippen LogP contribution in [0.1, 0.15) is 44.6 Å². The number of hydrogen-bond donors (Lipinski definition) is 0. The Morgan fingerprint density at radius 3 is 2.71 bits per heavy atom. The summed E-state index contributed by atoms with van der Waals surface area (Å²) in [4.78, 5) is 34.7. The second-order valence-electron chi connectivity index (χ2n) is 7.97. The fourth-order valence-electron chi connectivity index (χ4n) is 4.09. The highest BCUT2D eigenvalue weighted by atomic mass is 16.2. The molecular formula is C25H19N7O2. The van der Waals surface area contributed by atoms with Crippen LogP contribution in [0.2, 0.25) is 0 Å². The number of fused-ring (bicyclic) bond motifs is 1. The summed E-state index contributed by atoms with van der Waals surface area (Å²) in [5.41, 5.74) is 5.21. The van der Waals surface area contributed by atoms with E-state index >= 15 is 0 Å². The van der Waals surface area contributed by atoms with Crippen molar-refractivity contribution in [2.24, 2.45) is 7.05 Å². The first-order chi connectivity index (χ1) is 16.5. The summed E-state index contributed by atoms with van der Waals surface area (Å²) in [6.45, 7) is 2.32. The van der Waals surface area contributed by atoms with Crippen molar-refractivity contribution in [2.75, 3.05) is 4.90 Å². The molecule has 5 rings (SSSR count). The number of carbonyl (C=O) groups excluding carboxylic acids is 2. The Hall–Kier alpha value is -4.71. The zero-order valence-corrected chi connectivity index (χ0v) is 18.6. The Kier molecular flexibility index (Phi) is 5.18. The van der Waals surface area contributed by atoms with Crippen LogP contribution in [-0.2, 0) is 20.0 Å². The molecule has 0 spiro atoms. The van der Waals surface area contributed by atoms with Crippen LogP contribution in [0.5, 0.6) is 0 Å². The maximum atomic E-state index is 13.2. The van der Waals surface area contributed by atoms with Crippen molar-refractivity contribution in [2.45, 2.75) is 19.9 Å². The van der Waals surface area contributed by atoms with Crippen LogP contribution in [0.25, 0.3) is 22.5 Å². The van der Waals surface area contributed by atoms with E-state index in [4.69, 9.17) is 4.98 Å². The molecule has 34 heavy (non-hydrogen) atoms. The number of aromatic nitrogens is 5. The molecule has 4 heterocycles. The summed E-state index contributed by atoms with van der Waals surface area (Å²) in [6, 6.07) is 12.9. The fourth-order valence-corrected chi connectivity index (χ4v) is 4.09. The molecule has 1 amide bonds. The number of nitriles is 1. The van der Waals surface area contributed by atoms with E-state index in [1.807, 2.05) is 32.2 Å². The van der Waals surface area contributed by atoms with E-state index in [2.05, 4.69) is 21.3 Å². The Morgan fingerprint density at radius 2 is 2.00 bits per heavy atom. The molecule has 3 aromatic heterocycles. The van der Waals surface area contributed by atoms with Gasteiger partial charge in [-0.2, -0.15) is 5.26 Å². The molecule has 4 aromatic rings. The smallest absolute Gasteiger partial charge is 0.260 e. The van der Waals surface area contributed by atoms with Crippen molar-refractivity contribution in [3.05, 3.63) is 77.0 Å². The van der Waals surface area contributed by atoms with Crippen molar-refractivity contribution in [1.82, 2.24) is 24.7 Å². The summed E-state index contributed by atoms with van der Waals surface area (Å²) in [6.07, 6.45) is 4.47. The van der Waals surface area contributed by atoms with E-state index in [0.29, 0.717) is 42.0 Å². The van der Waals surface area contributed by atoms with Gasteiger partial charge in [-0.25, -0.2) is 4.98 Å². The van der Waals surface area contributed by atoms with Gasteiger partial charge in [0, 0.05) is 35.6 Å². The lowest BCUT2D eigenvalue weighted by molar-refractivity contribution is 0.0996. The zero-order chi connectivity index (χ0) is 23.8. The van der Waals surface area contributed by atoms with Gasteiger partial charge in [0.1, 0.15) is 17.8 Å². The monoisotopic (exact) mass is 449 g/mol. The fraction of sp³-hybridized carbons (Fsp3) is 0.160. The normalized spacial score (nSPS) is 12.5. The van der Waals surface area contributed by atoms with E-state index in [0.717, 1.165) is 27.9 Å². The Balaban J connectivity index is 1.64. The molecule has 0 N–H and O–H groups in total. The molecule has 0 unspecified atom stereocenters. The van der Waals surface area contributed by atoms with Crippen LogP contribution >= 0.6 is 0 Å².